The highest BCUT2D eigenvalue weighted by Gasteiger charge is 2.19. The number of aryl methyl sites for hydroxylation is 2. The fraction of sp³-hybridized carbons (Fsp3) is 0.409. The number of phenolic OH excluding ortho intramolecular Hbond substituents is 2. The summed E-state index contributed by atoms with van der Waals surface area (Å²) in [7, 11) is 0. The molecule has 6 nitrogen and oxygen atoms in total. The summed E-state index contributed by atoms with van der Waals surface area (Å²) in [6.07, 6.45) is 4.81. The minimum absolute atomic E-state index is 0.150. The van der Waals surface area contributed by atoms with Crippen LogP contribution < -0.4 is 4.74 Å². The number of halogens is 1. The number of carboxylic acids is 1. The first-order valence-corrected chi connectivity index (χ1v) is 9.76. The Morgan fingerprint density at radius 3 is 2.34 bits per heavy atom. The van der Waals surface area contributed by atoms with E-state index in [0.717, 1.165) is 25.3 Å². The van der Waals surface area contributed by atoms with Crippen LogP contribution in [0.3, 0.4) is 0 Å². The molecule has 4 N–H and O–H groups in total. The molecule has 0 radical (unpaired) electrons. The molecule has 0 unspecified atom stereocenters. The van der Waals surface area contributed by atoms with Crippen LogP contribution in [0.25, 0.3) is 0 Å². The van der Waals surface area contributed by atoms with E-state index in [1.54, 1.807) is 12.1 Å². The first-order valence-electron chi connectivity index (χ1n) is 9.76. The van der Waals surface area contributed by atoms with Gasteiger partial charge in [-0.05, 0) is 48.9 Å². The Balaban J connectivity index is 1.79. The number of unbranched alkanes of at least 4 members (excludes halogenated alkanes) is 3. The molecule has 158 valence electrons. The summed E-state index contributed by atoms with van der Waals surface area (Å²) in [4.78, 5) is 11.5. The summed E-state index contributed by atoms with van der Waals surface area (Å²) >= 11 is 0. The number of benzene rings is 2. The van der Waals surface area contributed by atoms with Crippen molar-refractivity contribution >= 4 is 5.97 Å². The van der Waals surface area contributed by atoms with Gasteiger partial charge in [-0.15, -0.1) is 0 Å². The number of aromatic carboxylic acids is 1. The molecule has 0 saturated heterocycles. The average molecular weight is 406 g/mol. The van der Waals surface area contributed by atoms with Crippen LogP contribution >= 0.6 is 0 Å². The molecule has 0 spiro atoms. The highest BCUT2D eigenvalue weighted by Crippen LogP contribution is 2.32. The average Bonchev–Trinajstić information content (AvgIpc) is 2.66. The summed E-state index contributed by atoms with van der Waals surface area (Å²) in [6.45, 7) is 2.25. The molecule has 0 bridgehead atoms. The number of hydrogen-bond donors (Lipinski definition) is 4. The molecule has 7 heteroatoms. The van der Waals surface area contributed by atoms with E-state index in [4.69, 9.17) is 4.74 Å². The molecular formula is C22H27FO6. The summed E-state index contributed by atoms with van der Waals surface area (Å²) in [5.41, 5.74) is 0.730. The molecule has 0 aliphatic carbocycles. The summed E-state index contributed by atoms with van der Waals surface area (Å²) in [6, 6.07) is 5.39. The van der Waals surface area contributed by atoms with Gasteiger partial charge in [0.1, 0.15) is 22.9 Å². The number of phenols is 3. The van der Waals surface area contributed by atoms with Gasteiger partial charge in [0.2, 0.25) is 0 Å². The van der Waals surface area contributed by atoms with Crippen molar-refractivity contribution < 1.29 is 34.3 Å². The van der Waals surface area contributed by atoms with Gasteiger partial charge in [0.05, 0.1) is 6.61 Å². The smallest absolute Gasteiger partial charge is 0.343 e. The van der Waals surface area contributed by atoms with Gasteiger partial charge >= 0.3 is 5.97 Å². The normalized spacial score (nSPS) is 10.8. The highest BCUT2D eigenvalue weighted by molar-refractivity contribution is 5.94. The summed E-state index contributed by atoms with van der Waals surface area (Å²) in [5.74, 6) is -2.67. The van der Waals surface area contributed by atoms with Crippen LogP contribution in [-0.2, 0) is 12.8 Å². The lowest BCUT2D eigenvalue weighted by atomic mass is 10.0. The Hall–Kier alpha value is -2.96. The van der Waals surface area contributed by atoms with E-state index in [0.29, 0.717) is 43.4 Å². The van der Waals surface area contributed by atoms with E-state index in [-0.39, 0.29) is 22.8 Å². The van der Waals surface area contributed by atoms with Gasteiger partial charge in [-0.1, -0.05) is 32.3 Å². The van der Waals surface area contributed by atoms with Crippen molar-refractivity contribution in [1.29, 1.82) is 0 Å². The van der Waals surface area contributed by atoms with Crippen molar-refractivity contribution in [2.24, 2.45) is 0 Å². The van der Waals surface area contributed by atoms with Crippen molar-refractivity contribution in [3.63, 3.8) is 0 Å². The Bertz CT molecular complexity index is 850. The number of rotatable bonds is 11. The third-order valence-electron chi connectivity index (χ3n) is 4.70. The fourth-order valence-electron chi connectivity index (χ4n) is 3.15. The molecule has 0 amide bonds. The molecule has 0 saturated carbocycles. The lowest BCUT2D eigenvalue weighted by Gasteiger charge is -2.13. The maximum atomic E-state index is 13.7. The maximum Gasteiger partial charge on any atom is 0.343 e. The first-order chi connectivity index (χ1) is 13.8. The zero-order valence-corrected chi connectivity index (χ0v) is 16.4. The third kappa shape index (κ3) is 6.01. The van der Waals surface area contributed by atoms with Gasteiger partial charge in [0.25, 0.3) is 0 Å². The van der Waals surface area contributed by atoms with Gasteiger partial charge in [0, 0.05) is 6.07 Å². The number of hydrogen-bond acceptors (Lipinski definition) is 5. The van der Waals surface area contributed by atoms with Crippen molar-refractivity contribution in [2.75, 3.05) is 6.61 Å². The fourth-order valence-corrected chi connectivity index (χ4v) is 3.15. The van der Waals surface area contributed by atoms with Crippen LogP contribution in [0.15, 0.2) is 24.3 Å². The number of aromatic hydroxyl groups is 3. The second-order valence-corrected chi connectivity index (χ2v) is 6.95. The van der Waals surface area contributed by atoms with Gasteiger partial charge in [0.15, 0.2) is 11.5 Å². The monoisotopic (exact) mass is 406 g/mol. The molecule has 0 fully saturated rings. The zero-order chi connectivity index (χ0) is 21.4. The highest BCUT2D eigenvalue weighted by atomic mass is 19.1. The molecular weight excluding hydrogens is 379 g/mol. The van der Waals surface area contributed by atoms with Gasteiger partial charge in [-0.25, -0.2) is 9.18 Å². The van der Waals surface area contributed by atoms with Crippen molar-refractivity contribution in [3.8, 4) is 23.0 Å². The SMILES string of the molecule is CCCc1ccc(OCCCCCCc2cc(O)c(O)cc2F)c(C(=O)O)c1O. The van der Waals surface area contributed by atoms with Gasteiger partial charge < -0.3 is 25.2 Å². The third-order valence-corrected chi connectivity index (χ3v) is 4.70. The lowest BCUT2D eigenvalue weighted by Crippen LogP contribution is -2.06. The molecule has 2 aromatic rings. The maximum absolute atomic E-state index is 13.7. The molecule has 29 heavy (non-hydrogen) atoms. The molecule has 2 aromatic carbocycles. The first kappa shape index (κ1) is 22.3. The predicted octanol–water partition coefficient (Wildman–Crippen LogP) is 4.78. The van der Waals surface area contributed by atoms with E-state index in [9.17, 15) is 29.6 Å². The van der Waals surface area contributed by atoms with Crippen LogP contribution in [-0.4, -0.2) is 33.0 Å². The van der Waals surface area contributed by atoms with E-state index < -0.39 is 17.5 Å². The van der Waals surface area contributed by atoms with Crippen LogP contribution in [0.1, 0.15) is 60.5 Å². The van der Waals surface area contributed by atoms with E-state index in [1.807, 2.05) is 6.92 Å². The topological polar surface area (TPSA) is 107 Å². The molecule has 2 rings (SSSR count). The van der Waals surface area contributed by atoms with Crippen LogP contribution in [0.2, 0.25) is 0 Å². The lowest BCUT2D eigenvalue weighted by molar-refractivity contribution is 0.0688. The van der Waals surface area contributed by atoms with Crippen LogP contribution in [0.5, 0.6) is 23.0 Å². The van der Waals surface area contributed by atoms with Gasteiger partial charge in [-0.2, -0.15) is 0 Å². The van der Waals surface area contributed by atoms with Crippen LogP contribution in [0, 0.1) is 5.82 Å². The Morgan fingerprint density at radius 2 is 1.66 bits per heavy atom. The number of carboxylic acid groups (broad SMARTS) is 1. The van der Waals surface area contributed by atoms with Crippen molar-refractivity contribution in [3.05, 3.63) is 46.8 Å². The molecule has 0 aliphatic rings. The standard InChI is InChI=1S/C22H27FO6/c1-2-7-14-9-10-19(20(21(14)26)22(27)28)29-11-6-4-3-5-8-15-12-17(24)18(25)13-16(15)23/h9-10,12-13,24-26H,2-8,11H2,1H3,(H,27,28). The van der Waals surface area contributed by atoms with E-state index >= 15 is 0 Å². The second kappa shape index (κ2) is 10.5. The van der Waals surface area contributed by atoms with Gasteiger partial charge in [-0.3, -0.25) is 0 Å². The zero-order valence-electron chi connectivity index (χ0n) is 16.4. The minimum Gasteiger partial charge on any atom is -0.507 e. The summed E-state index contributed by atoms with van der Waals surface area (Å²) < 4.78 is 19.3. The largest absolute Gasteiger partial charge is 0.507 e. The Labute approximate surface area is 169 Å². The quantitative estimate of drug-likeness (QED) is 0.316. The molecule has 0 heterocycles. The predicted molar refractivity (Wildman–Crippen MR) is 106 cm³/mol. The van der Waals surface area contributed by atoms with Crippen molar-refractivity contribution in [2.45, 2.75) is 51.9 Å². The second-order valence-electron chi connectivity index (χ2n) is 6.95. The summed E-state index contributed by atoms with van der Waals surface area (Å²) in [5, 5.41) is 38.2. The van der Waals surface area contributed by atoms with Crippen LogP contribution in [0.4, 0.5) is 4.39 Å². The van der Waals surface area contributed by atoms with E-state index in [2.05, 4.69) is 0 Å². The number of ether oxygens (including phenoxy) is 1. The Kier molecular flexibility index (Phi) is 8.12. The van der Waals surface area contributed by atoms with Crippen molar-refractivity contribution in [1.82, 2.24) is 0 Å². The minimum atomic E-state index is -1.23. The molecule has 0 atom stereocenters. The molecule has 0 aromatic heterocycles. The Morgan fingerprint density at radius 1 is 0.966 bits per heavy atom. The van der Waals surface area contributed by atoms with E-state index in [1.165, 1.54) is 6.07 Å². The number of carbonyl (C=O) groups is 1. The molecule has 0 aliphatic heterocycles.